The molecule has 0 bridgehead atoms. The molecule has 1 aliphatic carbocycles. The number of rotatable bonds is 1. The van der Waals surface area contributed by atoms with Gasteiger partial charge in [-0.2, -0.15) is 0 Å². The molecule has 2 N–H and O–H groups in total. The first-order valence-electron chi connectivity index (χ1n) is 7.93. The molecule has 3 nitrogen and oxygen atoms in total. The molecule has 1 saturated carbocycles. The highest BCUT2D eigenvalue weighted by Crippen LogP contribution is 2.39. The molecule has 3 rings (SSSR count). The number of benzene rings is 1. The summed E-state index contributed by atoms with van der Waals surface area (Å²) in [6.07, 6.45) is 6.03. The van der Waals surface area contributed by atoms with Crippen LogP contribution in [0.1, 0.15) is 49.4 Å². The number of nitrogens with two attached hydrogens (primary N) is 1. The number of nitrogen functional groups attached to an aromatic ring is 1. The molecule has 1 heterocycles. The van der Waals surface area contributed by atoms with Crippen LogP contribution < -0.4 is 5.73 Å². The molecule has 114 valence electrons. The molecular formula is C17H23ClN2O. The van der Waals surface area contributed by atoms with Gasteiger partial charge in [0.05, 0.1) is 0 Å². The number of carbonyl (C=O) groups excluding carboxylic acids is 1. The van der Waals surface area contributed by atoms with Crippen LogP contribution in [-0.2, 0) is 0 Å². The van der Waals surface area contributed by atoms with E-state index >= 15 is 0 Å². The summed E-state index contributed by atoms with van der Waals surface area (Å²) in [6, 6.07) is 5.55. The Kier molecular flexibility index (Phi) is 4.12. The SMILES string of the molecule is CC1CCN(C(=O)c2cc(N)cc(Cl)c2)C2CCCCC12. The molecule has 21 heavy (non-hydrogen) atoms. The monoisotopic (exact) mass is 306 g/mol. The van der Waals surface area contributed by atoms with E-state index in [1.807, 2.05) is 0 Å². The average Bonchev–Trinajstić information content (AvgIpc) is 2.46. The third-order valence-corrected chi connectivity index (χ3v) is 5.38. The Morgan fingerprint density at radius 3 is 2.76 bits per heavy atom. The Balaban J connectivity index is 1.86. The summed E-state index contributed by atoms with van der Waals surface area (Å²) in [4.78, 5) is 15.0. The molecule has 2 aliphatic rings. The Bertz CT molecular complexity index is 525. The van der Waals surface area contributed by atoms with Crippen molar-refractivity contribution in [3.05, 3.63) is 28.8 Å². The van der Waals surface area contributed by atoms with Crippen molar-refractivity contribution in [1.29, 1.82) is 0 Å². The molecule has 0 radical (unpaired) electrons. The zero-order valence-corrected chi connectivity index (χ0v) is 13.3. The van der Waals surface area contributed by atoms with Gasteiger partial charge in [-0.1, -0.05) is 31.4 Å². The fourth-order valence-corrected chi connectivity index (χ4v) is 4.31. The highest BCUT2D eigenvalue weighted by atomic mass is 35.5. The van der Waals surface area contributed by atoms with E-state index in [4.69, 9.17) is 17.3 Å². The van der Waals surface area contributed by atoms with Crippen molar-refractivity contribution < 1.29 is 4.79 Å². The van der Waals surface area contributed by atoms with Gasteiger partial charge in [-0.15, -0.1) is 0 Å². The number of halogens is 1. The lowest BCUT2D eigenvalue weighted by atomic mass is 9.72. The van der Waals surface area contributed by atoms with Gasteiger partial charge in [0.15, 0.2) is 0 Å². The number of amides is 1. The van der Waals surface area contributed by atoms with Crippen molar-refractivity contribution in [2.75, 3.05) is 12.3 Å². The summed E-state index contributed by atoms with van der Waals surface area (Å²) in [6.45, 7) is 3.19. The van der Waals surface area contributed by atoms with Crippen LogP contribution in [0.25, 0.3) is 0 Å². The van der Waals surface area contributed by atoms with E-state index in [0.29, 0.717) is 28.2 Å². The second kappa shape index (κ2) is 5.88. The normalized spacial score (nSPS) is 29.0. The van der Waals surface area contributed by atoms with E-state index in [2.05, 4.69) is 11.8 Å². The average molecular weight is 307 g/mol. The molecule has 1 aromatic rings. The Morgan fingerprint density at radius 2 is 2.00 bits per heavy atom. The van der Waals surface area contributed by atoms with Crippen LogP contribution in [0, 0.1) is 11.8 Å². The second-order valence-corrected chi connectivity index (χ2v) is 6.99. The number of hydrogen-bond donors (Lipinski definition) is 1. The van der Waals surface area contributed by atoms with Gasteiger partial charge in [-0.3, -0.25) is 4.79 Å². The van der Waals surface area contributed by atoms with Gasteiger partial charge >= 0.3 is 0 Å². The van der Waals surface area contributed by atoms with Crippen LogP contribution >= 0.6 is 11.6 Å². The first kappa shape index (κ1) is 14.7. The van der Waals surface area contributed by atoms with Gasteiger partial charge < -0.3 is 10.6 Å². The minimum atomic E-state index is 0.0907. The molecule has 0 aromatic heterocycles. The Morgan fingerprint density at radius 1 is 1.24 bits per heavy atom. The van der Waals surface area contributed by atoms with Crippen LogP contribution in [0.5, 0.6) is 0 Å². The fraction of sp³-hybridized carbons (Fsp3) is 0.588. The maximum absolute atomic E-state index is 12.9. The quantitative estimate of drug-likeness (QED) is 0.798. The maximum atomic E-state index is 12.9. The van der Waals surface area contributed by atoms with E-state index in [0.717, 1.165) is 25.3 Å². The molecule has 1 aromatic carbocycles. The third-order valence-electron chi connectivity index (χ3n) is 5.17. The third kappa shape index (κ3) is 2.89. The lowest BCUT2D eigenvalue weighted by molar-refractivity contribution is 0.0218. The van der Waals surface area contributed by atoms with Gasteiger partial charge in [-0.25, -0.2) is 0 Å². The molecular weight excluding hydrogens is 284 g/mol. The van der Waals surface area contributed by atoms with E-state index in [1.54, 1.807) is 18.2 Å². The predicted octanol–water partition coefficient (Wildman–Crippen LogP) is 3.96. The largest absolute Gasteiger partial charge is 0.399 e. The zero-order valence-electron chi connectivity index (χ0n) is 12.5. The Labute approximate surface area is 131 Å². The van der Waals surface area contributed by atoms with E-state index in [-0.39, 0.29) is 5.91 Å². The van der Waals surface area contributed by atoms with Crippen molar-refractivity contribution >= 4 is 23.2 Å². The van der Waals surface area contributed by atoms with Crippen molar-refractivity contribution in [1.82, 2.24) is 4.90 Å². The van der Waals surface area contributed by atoms with Crippen LogP contribution in [0.3, 0.4) is 0 Å². The van der Waals surface area contributed by atoms with Crippen molar-refractivity contribution in [3.8, 4) is 0 Å². The maximum Gasteiger partial charge on any atom is 0.254 e. The zero-order chi connectivity index (χ0) is 15.0. The number of fused-ring (bicyclic) bond motifs is 1. The van der Waals surface area contributed by atoms with Crippen LogP contribution in [0.15, 0.2) is 18.2 Å². The highest BCUT2D eigenvalue weighted by Gasteiger charge is 2.39. The van der Waals surface area contributed by atoms with Crippen molar-refractivity contribution in [2.24, 2.45) is 11.8 Å². The first-order chi connectivity index (χ1) is 10.1. The molecule has 0 spiro atoms. The predicted molar refractivity (Wildman–Crippen MR) is 86.4 cm³/mol. The summed E-state index contributed by atoms with van der Waals surface area (Å²) in [5.41, 5.74) is 7.00. The number of anilines is 1. The second-order valence-electron chi connectivity index (χ2n) is 6.55. The molecule has 3 atom stereocenters. The number of piperidine rings is 1. The minimum Gasteiger partial charge on any atom is -0.399 e. The molecule has 4 heteroatoms. The van der Waals surface area contributed by atoms with Crippen molar-refractivity contribution in [2.45, 2.75) is 45.1 Å². The van der Waals surface area contributed by atoms with Crippen LogP contribution in [0.2, 0.25) is 5.02 Å². The van der Waals surface area contributed by atoms with E-state index < -0.39 is 0 Å². The number of likely N-dealkylation sites (tertiary alicyclic amines) is 1. The summed E-state index contributed by atoms with van der Waals surface area (Å²) in [7, 11) is 0. The lowest BCUT2D eigenvalue weighted by Crippen LogP contribution is -2.52. The molecule has 1 aliphatic heterocycles. The van der Waals surface area contributed by atoms with Gasteiger partial charge in [0, 0.05) is 28.9 Å². The van der Waals surface area contributed by atoms with Crippen LogP contribution in [-0.4, -0.2) is 23.4 Å². The van der Waals surface area contributed by atoms with Gasteiger partial charge in [0.25, 0.3) is 5.91 Å². The standard InChI is InChI=1S/C17H23ClN2O/c1-11-6-7-20(16-5-3-2-4-15(11)16)17(21)12-8-13(18)10-14(19)9-12/h8-11,15-16H,2-7,19H2,1H3. The Hall–Kier alpha value is -1.22. The van der Waals surface area contributed by atoms with E-state index in [9.17, 15) is 4.79 Å². The van der Waals surface area contributed by atoms with Crippen LogP contribution in [0.4, 0.5) is 5.69 Å². The highest BCUT2D eigenvalue weighted by molar-refractivity contribution is 6.31. The number of hydrogen-bond acceptors (Lipinski definition) is 2. The summed E-state index contributed by atoms with van der Waals surface area (Å²) in [5, 5.41) is 0.531. The fourth-order valence-electron chi connectivity index (χ4n) is 4.07. The van der Waals surface area contributed by atoms with Gasteiger partial charge in [-0.05, 0) is 49.3 Å². The smallest absolute Gasteiger partial charge is 0.254 e. The summed E-state index contributed by atoms with van der Waals surface area (Å²) in [5.74, 6) is 1.48. The molecule has 3 unspecified atom stereocenters. The van der Waals surface area contributed by atoms with Crippen molar-refractivity contribution in [3.63, 3.8) is 0 Å². The number of nitrogens with zero attached hydrogens (tertiary/aromatic N) is 1. The van der Waals surface area contributed by atoms with E-state index in [1.165, 1.54) is 19.3 Å². The van der Waals surface area contributed by atoms with Gasteiger partial charge in [0.1, 0.15) is 0 Å². The molecule has 1 saturated heterocycles. The molecule has 2 fully saturated rings. The topological polar surface area (TPSA) is 46.3 Å². The first-order valence-corrected chi connectivity index (χ1v) is 8.31. The molecule has 1 amide bonds. The summed E-state index contributed by atoms with van der Waals surface area (Å²) >= 11 is 6.04. The minimum absolute atomic E-state index is 0.0907. The lowest BCUT2D eigenvalue weighted by Gasteiger charge is -2.47. The van der Waals surface area contributed by atoms with Gasteiger partial charge in [0.2, 0.25) is 0 Å². The number of carbonyl (C=O) groups is 1. The summed E-state index contributed by atoms with van der Waals surface area (Å²) < 4.78 is 0.